The van der Waals surface area contributed by atoms with Gasteiger partial charge in [0.05, 0.1) is 0 Å². The zero-order valence-electron chi connectivity index (χ0n) is 12.4. The smallest absolute Gasteiger partial charge is 0.123 e. The fourth-order valence-electron chi connectivity index (χ4n) is 3.63. The summed E-state index contributed by atoms with van der Waals surface area (Å²) in [7, 11) is 2.04. The van der Waals surface area contributed by atoms with E-state index in [0.717, 1.165) is 12.0 Å². The maximum atomic E-state index is 13.3. The molecule has 1 fully saturated rings. The number of rotatable bonds is 4. The first kappa shape index (κ1) is 14.5. The molecule has 0 radical (unpaired) electrons. The van der Waals surface area contributed by atoms with Crippen LogP contribution in [0, 0.1) is 17.2 Å². The van der Waals surface area contributed by atoms with Crippen LogP contribution in [0.5, 0.6) is 0 Å². The zero-order chi connectivity index (χ0) is 13.9. The van der Waals surface area contributed by atoms with Crippen LogP contribution in [-0.2, 0) is 6.42 Å². The van der Waals surface area contributed by atoms with Gasteiger partial charge in [0.2, 0.25) is 0 Å². The van der Waals surface area contributed by atoms with Crippen molar-refractivity contribution in [3.8, 4) is 0 Å². The Hall–Kier alpha value is -0.890. The van der Waals surface area contributed by atoms with E-state index in [1.807, 2.05) is 19.2 Å². The van der Waals surface area contributed by atoms with Crippen molar-refractivity contribution >= 4 is 0 Å². The van der Waals surface area contributed by atoms with Crippen LogP contribution in [0.1, 0.15) is 45.1 Å². The maximum Gasteiger partial charge on any atom is 0.123 e. The van der Waals surface area contributed by atoms with Gasteiger partial charge in [-0.3, -0.25) is 0 Å². The van der Waals surface area contributed by atoms with E-state index in [0.29, 0.717) is 17.4 Å². The maximum absolute atomic E-state index is 13.3. The summed E-state index contributed by atoms with van der Waals surface area (Å²) >= 11 is 0. The predicted molar refractivity (Wildman–Crippen MR) is 78.7 cm³/mol. The van der Waals surface area contributed by atoms with Crippen molar-refractivity contribution in [2.75, 3.05) is 7.05 Å². The van der Waals surface area contributed by atoms with Gasteiger partial charge < -0.3 is 5.32 Å². The third kappa shape index (κ3) is 3.56. The summed E-state index contributed by atoms with van der Waals surface area (Å²) in [6, 6.07) is 7.46. The van der Waals surface area contributed by atoms with Gasteiger partial charge in [0.15, 0.2) is 0 Å². The molecule has 0 saturated heterocycles. The summed E-state index contributed by atoms with van der Waals surface area (Å²) in [5.41, 5.74) is 1.49. The molecule has 19 heavy (non-hydrogen) atoms. The highest BCUT2D eigenvalue weighted by atomic mass is 19.1. The van der Waals surface area contributed by atoms with Crippen molar-refractivity contribution in [3.63, 3.8) is 0 Å². The van der Waals surface area contributed by atoms with Crippen molar-refractivity contribution < 1.29 is 4.39 Å². The van der Waals surface area contributed by atoms with E-state index in [4.69, 9.17) is 0 Å². The zero-order valence-corrected chi connectivity index (χ0v) is 12.4. The number of hydrogen-bond acceptors (Lipinski definition) is 1. The first-order chi connectivity index (χ1) is 9.03. The molecule has 0 bridgehead atoms. The molecule has 1 nitrogen and oxygen atoms in total. The molecule has 0 heterocycles. The highest BCUT2D eigenvalue weighted by Crippen LogP contribution is 2.42. The molecule has 2 atom stereocenters. The lowest BCUT2D eigenvalue weighted by atomic mass is 9.65. The first-order valence-electron chi connectivity index (χ1n) is 7.44. The minimum Gasteiger partial charge on any atom is -0.316 e. The molecule has 0 aliphatic heterocycles. The summed E-state index contributed by atoms with van der Waals surface area (Å²) < 4.78 is 13.3. The Kier molecular flexibility index (Phi) is 4.62. The molecule has 2 heteroatoms. The van der Waals surface area contributed by atoms with E-state index in [2.05, 4.69) is 19.2 Å². The van der Waals surface area contributed by atoms with Crippen molar-refractivity contribution in [3.05, 3.63) is 35.6 Å². The Labute approximate surface area is 116 Å². The Morgan fingerprint density at radius 2 is 2.16 bits per heavy atom. The SMILES string of the molecule is CNC(Cc1cccc(F)c1)C1CCCCC1(C)C. The monoisotopic (exact) mass is 263 g/mol. The van der Waals surface area contributed by atoms with Gasteiger partial charge >= 0.3 is 0 Å². The fourth-order valence-corrected chi connectivity index (χ4v) is 3.63. The summed E-state index contributed by atoms with van der Waals surface area (Å²) in [5, 5.41) is 3.47. The molecule has 1 aromatic rings. The van der Waals surface area contributed by atoms with Crippen LogP contribution < -0.4 is 5.32 Å². The Morgan fingerprint density at radius 3 is 2.79 bits per heavy atom. The first-order valence-corrected chi connectivity index (χ1v) is 7.44. The lowest BCUT2D eigenvalue weighted by molar-refractivity contribution is 0.101. The number of likely N-dealkylation sites (N-methyl/N-ethyl adjacent to an activating group) is 1. The van der Waals surface area contributed by atoms with E-state index in [1.165, 1.54) is 31.7 Å². The molecule has 0 aromatic heterocycles. The standard InChI is InChI=1S/C17H26FN/c1-17(2)10-5-4-9-15(17)16(19-3)12-13-7-6-8-14(18)11-13/h6-8,11,15-16,19H,4-5,9-10,12H2,1-3H3. The topological polar surface area (TPSA) is 12.0 Å². The average molecular weight is 263 g/mol. The van der Waals surface area contributed by atoms with E-state index < -0.39 is 0 Å². The lowest BCUT2D eigenvalue weighted by Gasteiger charge is -2.43. The molecule has 2 rings (SSSR count). The van der Waals surface area contributed by atoms with Crippen LogP contribution in [0.3, 0.4) is 0 Å². The third-order valence-corrected chi connectivity index (χ3v) is 4.79. The van der Waals surface area contributed by atoms with Crippen LogP contribution in [-0.4, -0.2) is 13.1 Å². The molecule has 1 saturated carbocycles. The molecule has 1 aliphatic rings. The Morgan fingerprint density at radius 1 is 1.37 bits per heavy atom. The van der Waals surface area contributed by atoms with Gasteiger partial charge in [-0.25, -0.2) is 4.39 Å². The second kappa shape index (κ2) is 6.04. The highest BCUT2D eigenvalue weighted by Gasteiger charge is 2.36. The van der Waals surface area contributed by atoms with Crippen LogP contribution in [0.2, 0.25) is 0 Å². The Bertz CT molecular complexity index is 413. The number of nitrogens with one attached hydrogen (secondary N) is 1. The molecule has 2 unspecified atom stereocenters. The molecular weight excluding hydrogens is 237 g/mol. The van der Waals surface area contributed by atoms with E-state index >= 15 is 0 Å². The van der Waals surface area contributed by atoms with Crippen LogP contribution in [0.25, 0.3) is 0 Å². The lowest BCUT2D eigenvalue weighted by Crippen LogP contribution is -2.44. The van der Waals surface area contributed by atoms with Crippen molar-refractivity contribution in [1.29, 1.82) is 0 Å². The van der Waals surface area contributed by atoms with E-state index in [-0.39, 0.29) is 5.82 Å². The molecule has 106 valence electrons. The van der Waals surface area contributed by atoms with E-state index in [9.17, 15) is 4.39 Å². The van der Waals surface area contributed by atoms with Gasteiger partial charge in [-0.2, -0.15) is 0 Å². The number of benzene rings is 1. The third-order valence-electron chi connectivity index (χ3n) is 4.79. The molecule has 0 amide bonds. The van der Waals surface area contributed by atoms with Gasteiger partial charge in [0.1, 0.15) is 5.82 Å². The second-order valence-electron chi connectivity index (χ2n) is 6.57. The van der Waals surface area contributed by atoms with Gasteiger partial charge in [-0.15, -0.1) is 0 Å². The van der Waals surface area contributed by atoms with Crippen molar-refractivity contribution in [1.82, 2.24) is 5.32 Å². The molecule has 1 aromatic carbocycles. The van der Waals surface area contributed by atoms with Crippen LogP contribution >= 0.6 is 0 Å². The van der Waals surface area contributed by atoms with Gasteiger partial charge in [-0.1, -0.05) is 38.8 Å². The summed E-state index contributed by atoms with van der Waals surface area (Å²) in [4.78, 5) is 0. The summed E-state index contributed by atoms with van der Waals surface area (Å²) in [6.45, 7) is 4.76. The summed E-state index contributed by atoms with van der Waals surface area (Å²) in [6.07, 6.45) is 6.19. The second-order valence-corrected chi connectivity index (χ2v) is 6.57. The van der Waals surface area contributed by atoms with Gasteiger partial charge in [0.25, 0.3) is 0 Å². The van der Waals surface area contributed by atoms with Crippen molar-refractivity contribution in [2.45, 2.75) is 52.0 Å². The molecule has 0 spiro atoms. The van der Waals surface area contributed by atoms with Crippen molar-refractivity contribution in [2.24, 2.45) is 11.3 Å². The predicted octanol–water partition coefficient (Wildman–Crippen LogP) is 4.17. The highest BCUT2D eigenvalue weighted by molar-refractivity contribution is 5.18. The largest absolute Gasteiger partial charge is 0.316 e. The average Bonchev–Trinajstić information content (AvgIpc) is 2.36. The number of hydrogen-bond donors (Lipinski definition) is 1. The number of halogens is 1. The van der Waals surface area contributed by atoms with Crippen LogP contribution in [0.4, 0.5) is 4.39 Å². The fraction of sp³-hybridized carbons (Fsp3) is 0.647. The molecule has 1 aliphatic carbocycles. The molecular formula is C17H26FN. The minimum atomic E-state index is -0.129. The quantitative estimate of drug-likeness (QED) is 0.859. The van der Waals surface area contributed by atoms with Gasteiger partial charge in [0, 0.05) is 6.04 Å². The Balaban J connectivity index is 2.11. The molecule has 1 N–H and O–H groups in total. The normalized spacial score (nSPS) is 24.1. The summed E-state index contributed by atoms with van der Waals surface area (Å²) in [5.74, 6) is 0.546. The van der Waals surface area contributed by atoms with E-state index in [1.54, 1.807) is 6.07 Å². The van der Waals surface area contributed by atoms with Crippen LogP contribution in [0.15, 0.2) is 24.3 Å². The minimum absolute atomic E-state index is 0.129. The van der Waals surface area contributed by atoms with Gasteiger partial charge in [-0.05, 0) is 55.3 Å².